The zero-order valence-corrected chi connectivity index (χ0v) is 27.6. The van der Waals surface area contributed by atoms with Gasteiger partial charge < -0.3 is 19.6 Å². The van der Waals surface area contributed by atoms with E-state index in [9.17, 15) is 18.0 Å². The molecule has 0 unspecified atom stereocenters. The summed E-state index contributed by atoms with van der Waals surface area (Å²) in [7, 11) is -2.44. The summed E-state index contributed by atoms with van der Waals surface area (Å²) < 4.78 is 39.3. The molecular weight excluding hydrogens is 632 g/mol. The number of aromatic nitrogens is 3. The molecule has 14 heteroatoms. The minimum atomic E-state index is -3.96. The van der Waals surface area contributed by atoms with Crippen molar-refractivity contribution in [3.8, 4) is 16.9 Å². The quantitative estimate of drug-likeness (QED) is 0.123. The maximum atomic E-state index is 13.7. The zero-order chi connectivity index (χ0) is 33.1. The number of ether oxygens (including phenoxy) is 2. The van der Waals surface area contributed by atoms with E-state index in [0.29, 0.717) is 34.4 Å². The van der Waals surface area contributed by atoms with Gasteiger partial charge >= 0.3 is 6.09 Å². The van der Waals surface area contributed by atoms with Crippen LogP contribution < -0.4 is 15.5 Å². The number of carbonyl (C=O) groups excluding carboxylic acids is 2. The molecule has 0 aliphatic heterocycles. The van der Waals surface area contributed by atoms with E-state index in [1.165, 1.54) is 34.4 Å². The van der Waals surface area contributed by atoms with Crippen LogP contribution in [0.15, 0.2) is 65.8 Å². The maximum absolute atomic E-state index is 13.7. The fraction of sp³-hybridized carbons (Fsp3) is 0.375. The number of hydrazine groups is 1. The number of hydrogen-bond acceptors (Lipinski definition) is 10. The Hall–Kier alpha value is -4.20. The van der Waals surface area contributed by atoms with Crippen molar-refractivity contribution in [2.24, 2.45) is 0 Å². The number of aldehydes is 1. The normalized spacial score (nSPS) is 17.0. The van der Waals surface area contributed by atoms with E-state index in [2.05, 4.69) is 20.7 Å². The van der Waals surface area contributed by atoms with Gasteiger partial charge in [-0.3, -0.25) is 0 Å². The topological polar surface area (TPSA) is 145 Å². The third-order valence-electron chi connectivity index (χ3n) is 7.52. The average Bonchev–Trinajstić information content (AvgIpc) is 3.41. The molecule has 1 aliphatic rings. The number of amides is 1. The van der Waals surface area contributed by atoms with Crippen LogP contribution in [0.1, 0.15) is 46.5 Å². The lowest BCUT2D eigenvalue weighted by Crippen LogP contribution is -2.52. The lowest BCUT2D eigenvalue weighted by atomic mass is 9.91. The second kappa shape index (κ2) is 13.7. The zero-order valence-electron chi connectivity index (χ0n) is 26.1. The summed E-state index contributed by atoms with van der Waals surface area (Å²) in [6.07, 6.45) is 6.09. The first-order chi connectivity index (χ1) is 21.9. The Morgan fingerprint density at radius 3 is 2.46 bits per heavy atom. The van der Waals surface area contributed by atoms with Crippen molar-refractivity contribution < 1.29 is 27.5 Å². The number of methoxy groups -OCH3 is 1. The molecule has 0 spiro atoms. The van der Waals surface area contributed by atoms with Gasteiger partial charge in [-0.1, -0.05) is 29.8 Å². The highest BCUT2D eigenvalue weighted by Crippen LogP contribution is 2.36. The summed E-state index contributed by atoms with van der Waals surface area (Å²) in [5, 5.41) is 5.50. The highest BCUT2D eigenvalue weighted by molar-refractivity contribution is 7.90. The molecule has 1 fully saturated rings. The molecule has 2 N–H and O–H groups in total. The van der Waals surface area contributed by atoms with Crippen LogP contribution in [0.25, 0.3) is 22.2 Å². The Kier molecular flexibility index (Phi) is 9.85. The van der Waals surface area contributed by atoms with Crippen molar-refractivity contribution in [1.29, 1.82) is 0 Å². The molecule has 1 amide bonds. The van der Waals surface area contributed by atoms with E-state index in [1.54, 1.807) is 57.3 Å². The SMILES string of the molecule is COc1cnc2c(c1)c(-c1cc(Cl)nc(NC3CCC(NN(CC=O)C(=O)OC(C)(C)C)CC3)c1)cn2S(=O)(=O)c1ccccc1. The molecular formula is C32H37ClN6O6S. The molecule has 5 rings (SSSR count). The van der Waals surface area contributed by atoms with Crippen LogP contribution in [0, 0.1) is 0 Å². The number of nitrogens with zero attached hydrogens (tertiary/aromatic N) is 4. The predicted molar refractivity (Wildman–Crippen MR) is 175 cm³/mol. The lowest BCUT2D eigenvalue weighted by molar-refractivity contribution is -0.109. The molecule has 1 saturated carbocycles. The van der Waals surface area contributed by atoms with Crippen LogP contribution in [0.5, 0.6) is 5.75 Å². The smallest absolute Gasteiger partial charge is 0.425 e. The van der Waals surface area contributed by atoms with Gasteiger partial charge in [0.15, 0.2) is 5.65 Å². The highest BCUT2D eigenvalue weighted by Gasteiger charge is 2.28. The van der Waals surface area contributed by atoms with Gasteiger partial charge in [-0.25, -0.2) is 37.6 Å². The third-order valence-corrected chi connectivity index (χ3v) is 9.37. The molecule has 0 bridgehead atoms. The Labute approximate surface area is 273 Å². The second-order valence-electron chi connectivity index (χ2n) is 12.0. The molecule has 0 atom stereocenters. The van der Waals surface area contributed by atoms with Gasteiger partial charge in [-0.15, -0.1) is 0 Å². The maximum Gasteiger partial charge on any atom is 0.425 e. The van der Waals surface area contributed by atoms with E-state index in [4.69, 9.17) is 21.1 Å². The predicted octanol–water partition coefficient (Wildman–Crippen LogP) is 5.66. The van der Waals surface area contributed by atoms with Gasteiger partial charge in [0.2, 0.25) is 0 Å². The van der Waals surface area contributed by atoms with Gasteiger partial charge in [-0.05, 0) is 82.3 Å². The summed E-state index contributed by atoms with van der Waals surface area (Å²) in [6.45, 7) is 5.20. The number of halogens is 1. The number of carbonyl (C=O) groups is 2. The van der Waals surface area contributed by atoms with Crippen LogP contribution in [-0.4, -0.2) is 71.1 Å². The van der Waals surface area contributed by atoms with Gasteiger partial charge in [-0.2, -0.15) is 0 Å². The molecule has 12 nitrogen and oxygen atoms in total. The molecule has 0 radical (unpaired) electrons. The van der Waals surface area contributed by atoms with E-state index >= 15 is 0 Å². The van der Waals surface area contributed by atoms with Crippen LogP contribution in [0.2, 0.25) is 5.15 Å². The Morgan fingerprint density at radius 1 is 1.11 bits per heavy atom. The van der Waals surface area contributed by atoms with Crippen molar-refractivity contribution in [2.45, 2.75) is 69.0 Å². The van der Waals surface area contributed by atoms with E-state index < -0.39 is 21.7 Å². The Morgan fingerprint density at radius 2 is 1.80 bits per heavy atom. The molecule has 0 saturated heterocycles. The number of pyridine rings is 2. The summed E-state index contributed by atoms with van der Waals surface area (Å²) in [5.41, 5.74) is 3.97. The van der Waals surface area contributed by atoms with Crippen LogP contribution in [-0.2, 0) is 19.6 Å². The summed E-state index contributed by atoms with van der Waals surface area (Å²) in [4.78, 5) is 32.8. The number of fused-ring (bicyclic) bond motifs is 1. The van der Waals surface area contributed by atoms with Crippen LogP contribution in [0.4, 0.5) is 10.6 Å². The monoisotopic (exact) mass is 668 g/mol. The molecule has 4 aromatic rings. The summed E-state index contributed by atoms with van der Waals surface area (Å²) >= 11 is 6.50. The molecule has 1 aliphatic carbocycles. The first-order valence-electron chi connectivity index (χ1n) is 14.9. The average molecular weight is 669 g/mol. The first kappa shape index (κ1) is 33.2. The van der Waals surface area contributed by atoms with Crippen molar-refractivity contribution in [1.82, 2.24) is 24.4 Å². The molecule has 244 valence electrons. The Balaban J connectivity index is 1.36. The molecule has 46 heavy (non-hydrogen) atoms. The summed E-state index contributed by atoms with van der Waals surface area (Å²) in [6, 6.07) is 13.5. The van der Waals surface area contributed by atoms with Gasteiger partial charge in [0, 0.05) is 29.2 Å². The van der Waals surface area contributed by atoms with Crippen molar-refractivity contribution in [3.63, 3.8) is 0 Å². The molecule has 3 heterocycles. The number of hydrogen-bond donors (Lipinski definition) is 2. The fourth-order valence-corrected chi connectivity index (χ4v) is 6.94. The van der Waals surface area contributed by atoms with Gasteiger partial charge in [0.25, 0.3) is 10.0 Å². The van der Waals surface area contributed by atoms with Crippen molar-refractivity contribution in [2.75, 3.05) is 19.0 Å². The Bertz CT molecular complexity index is 1820. The van der Waals surface area contributed by atoms with Gasteiger partial charge in [0.1, 0.15) is 28.6 Å². The molecule has 3 aromatic heterocycles. The van der Waals surface area contributed by atoms with Crippen molar-refractivity contribution in [3.05, 3.63) is 66.1 Å². The summed E-state index contributed by atoms with van der Waals surface area (Å²) in [5.74, 6) is 1.02. The third kappa shape index (κ3) is 7.60. The van der Waals surface area contributed by atoms with E-state index in [0.717, 1.165) is 25.7 Å². The highest BCUT2D eigenvalue weighted by atomic mass is 35.5. The van der Waals surface area contributed by atoms with E-state index in [1.807, 2.05) is 6.07 Å². The second-order valence-corrected chi connectivity index (χ2v) is 14.2. The van der Waals surface area contributed by atoms with Crippen molar-refractivity contribution >= 4 is 50.9 Å². The fourth-order valence-electron chi connectivity index (χ4n) is 5.39. The minimum Gasteiger partial charge on any atom is -0.495 e. The van der Waals surface area contributed by atoms with Gasteiger partial charge in [0.05, 0.1) is 24.7 Å². The lowest BCUT2D eigenvalue weighted by Gasteiger charge is -2.34. The molecule has 1 aromatic carbocycles. The number of benzene rings is 1. The number of anilines is 1. The number of rotatable bonds is 10. The number of nitrogens with one attached hydrogen (secondary N) is 2. The van der Waals surface area contributed by atoms with Crippen LogP contribution in [0.3, 0.4) is 0 Å². The first-order valence-corrected chi connectivity index (χ1v) is 16.7. The standard InChI is InChI=1S/C32H37ClN6O6S/c1-32(2,3)45-31(41)38(14-15-40)37-23-12-10-22(11-13-23)35-29-17-21(16-28(33)36-29)27-20-39(30-26(27)18-24(44-4)19-34-30)46(42,43)25-8-6-5-7-9-25/h5-9,15-20,22-23,37H,10-14H2,1-4H3,(H,35,36). The van der Waals surface area contributed by atoms with E-state index in [-0.39, 0.29) is 34.3 Å². The van der Waals surface area contributed by atoms with Crippen LogP contribution >= 0.6 is 11.6 Å². The largest absolute Gasteiger partial charge is 0.495 e. The minimum absolute atomic E-state index is 0.0198.